The Morgan fingerprint density at radius 2 is 2.07 bits per heavy atom. The van der Waals surface area contributed by atoms with Crippen molar-refractivity contribution in [1.82, 2.24) is 9.78 Å². The van der Waals surface area contributed by atoms with Gasteiger partial charge in [-0.25, -0.2) is 4.68 Å². The number of nitrogens with zero attached hydrogens (tertiary/aromatic N) is 2. The molecule has 0 bridgehead atoms. The molecule has 14 heavy (non-hydrogen) atoms. The molecule has 72 valence electrons. The van der Waals surface area contributed by atoms with E-state index in [4.69, 9.17) is 5.73 Å². The van der Waals surface area contributed by atoms with Crippen molar-refractivity contribution in [2.75, 3.05) is 5.73 Å². The zero-order chi connectivity index (χ0) is 9.97. The third kappa shape index (κ3) is 1.48. The Kier molecular flexibility index (Phi) is 2.23. The summed E-state index contributed by atoms with van der Waals surface area (Å²) in [5, 5.41) is 4.40. The Bertz CT molecular complexity index is 432. The number of aryl methyl sites for hydroxylation is 1. The minimum atomic E-state index is 0.748. The molecule has 0 unspecified atom stereocenters. The molecule has 0 aliphatic heterocycles. The highest BCUT2D eigenvalue weighted by Crippen LogP contribution is 2.15. The molecule has 0 radical (unpaired) electrons. The van der Waals surface area contributed by atoms with Gasteiger partial charge in [-0.2, -0.15) is 5.10 Å². The number of nitrogens with two attached hydrogens (primary N) is 1. The summed E-state index contributed by atoms with van der Waals surface area (Å²) in [6.07, 6.45) is 2.88. The molecule has 0 saturated carbocycles. The van der Waals surface area contributed by atoms with E-state index in [1.807, 2.05) is 41.2 Å². The van der Waals surface area contributed by atoms with Crippen molar-refractivity contribution in [1.29, 1.82) is 0 Å². The first-order valence-corrected chi connectivity index (χ1v) is 4.70. The van der Waals surface area contributed by atoms with Crippen LogP contribution in [0.2, 0.25) is 0 Å². The summed E-state index contributed by atoms with van der Waals surface area (Å²) in [4.78, 5) is 0. The molecular weight excluding hydrogens is 174 g/mol. The summed E-state index contributed by atoms with van der Waals surface area (Å²) in [7, 11) is 0. The van der Waals surface area contributed by atoms with Gasteiger partial charge < -0.3 is 5.73 Å². The van der Waals surface area contributed by atoms with Crippen LogP contribution in [-0.2, 0) is 6.42 Å². The van der Waals surface area contributed by atoms with Crippen LogP contribution in [0.25, 0.3) is 5.69 Å². The molecule has 2 rings (SSSR count). The molecule has 1 aromatic carbocycles. The van der Waals surface area contributed by atoms with Gasteiger partial charge in [0.25, 0.3) is 0 Å². The Hall–Kier alpha value is -1.77. The highest BCUT2D eigenvalue weighted by atomic mass is 15.3. The molecule has 0 aliphatic carbocycles. The lowest BCUT2D eigenvalue weighted by molar-refractivity contribution is 0.843. The fourth-order valence-corrected chi connectivity index (χ4v) is 1.38. The topological polar surface area (TPSA) is 43.8 Å². The smallest absolute Gasteiger partial charge is 0.0874 e. The van der Waals surface area contributed by atoms with Crippen molar-refractivity contribution >= 4 is 5.69 Å². The van der Waals surface area contributed by atoms with Gasteiger partial charge in [-0.1, -0.05) is 19.1 Å². The summed E-state index contributed by atoms with van der Waals surface area (Å²) in [5.41, 5.74) is 8.61. The number of nitrogen functional groups attached to an aromatic ring is 1. The van der Waals surface area contributed by atoms with Crippen LogP contribution in [0.3, 0.4) is 0 Å². The Balaban J connectivity index is 2.44. The van der Waals surface area contributed by atoms with Crippen molar-refractivity contribution in [2.24, 2.45) is 0 Å². The van der Waals surface area contributed by atoms with Crippen molar-refractivity contribution < 1.29 is 0 Å². The van der Waals surface area contributed by atoms with E-state index in [2.05, 4.69) is 12.0 Å². The van der Waals surface area contributed by atoms with E-state index < -0.39 is 0 Å². The van der Waals surface area contributed by atoms with Crippen LogP contribution in [-0.4, -0.2) is 9.78 Å². The normalized spacial score (nSPS) is 10.4. The maximum Gasteiger partial charge on any atom is 0.0874 e. The largest absolute Gasteiger partial charge is 0.397 e. The predicted molar refractivity (Wildman–Crippen MR) is 57.4 cm³/mol. The third-order valence-electron chi connectivity index (χ3n) is 2.19. The van der Waals surface area contributed by atoms with Crippen molar-refractivity contribution in [3.63, 3.8) is 0 Å². The van der Waals surface area contributed by atoms with Gasteiger partial charge in [-0.05, 0) is 24.6 Å². The van der Waals surface area contributed by atoms with E-state index in [1.165, 1.54) is 0 Å². The van der Waals surface area contributed by atoms with Crippen molar-refractivity contribution in [2.45, 2.75) is 13.3 Å². The number of hydrogen-bond acceptors (Lipinski definition) is 2. The summed E-state index contributed by atoms with van der Waals surface area (Å²) in [6.45, 7) is 2.08. The van der Waals surface area contributed by atoms with E-state index in [1.54, 1.807) is 0 Å². The van der Waals surface area contributed by atoms with E-state index in [9.17, 15) is 0 Å². The van der Waals surface area contributed by atoms with Crippen molar-refractivity contribution in [3.05, 3.63) is 42.2 Å². The van der Waals surface area contributed by atoms with Gasteiger partial charge in [0.2, 0.25) is 0 Å². The number of benzene rings is 1. The number of hydrogen-bond donors (Lipinski definition) is 1. The van der Waals surface area contributed by atoms with Crippen LogP contribution in [0.15, 0.2) is 36.5 Å². The lowest BCUT2D eigenvalue weighted by Gasteiger charge is -2.04. The van der Waals surface area contributed by atoms with Gasteiger partial charge in [0.05, 0.1) is 17.1 Å². The van der Waals surface area contributed by atoms with Gasteiger partial charge in [-0.3, -0.25) is 0 Å². The number of rotatable bonds is 2. The van der Waals surface area contributed by atoms with Crippen LogP contribution >= 0.6 is 0 Å². The SMILES string of the molecule is CCc1ccn(-c2ccccc2N)n1. The maximum absolute atomic E-state index is 5.84. The second kappa shape index (κ2) is 3.54. The molecule has 0 spiro atoms. The second-order valence-electron chi connectivity index (χ2n) is 3.16. The molecule has 0 saturated heterocycles. The fourth-order valence-electron chi connectivity index (χ4n) is 1.38. The predicted octanol–water partition coefficient (Wildman–Crippen LogP) is 2.02. The molecule has 0 aliphatic rings. The molecule has 0 fully saturated rings. The Morgan fingerprint density at radius 1 is 1.29 bits per heavy atom. The van der Waals surface area contributed by atoms with Gasteiger partial charge in [0.1, 0.15) is 0 Å². The standard InChI is InChI=1S/C11H13N3/c1-2-9-7-8-14(13-9)11-6-4-3-5-10(11)12/h3-8H,2,12H2,1H3. The minimum Gasteiger partial charge on any atom is -0.397 e. The average molecular weight is 187 g/mol. The van der Waals surface area contributed by atoms with Crippen LogP contribution < -0.4 is 5.73 Å². The maximum atomic E-state index is 5.84. The first kappa shape index (κ1) is 8.81. The molecule has 0 atom stereocenters. The number of aromatic nitrogens is 2. The summed E-state index contributed by atoms with van der Waals surface area (Å²) in [5.74, 6) is 0. The highest BCUT2D eigenvalue weighted by Gasteiger charge is 2.01. The molecule has 2 N–H and O–H groups in total. The zero-order valence-electron chi connectivity index (χ0n) is 8.14. The second-order valence-corrected chi connectivity index (χ2v) is 3.16. The summed E-state index contributed by atoms with van der Waals surface area (Å²) < 4.78 is 1.81. The van der Waals surface area contributed by atoms with E-state index in [-0.39, 0.29) is 0 Å². The zero-order valence-corrected chi connectivity index (χ0v) is 8.14. The highest BCUT2D eigenvalue weighted by molar-refractivity contribution is 5.56. The quantitative estimate of drug-likeness (QED) is 0.731. The van der Waals surface area contributed by atoms with Gasteiger partial charge in [-0.15, -0.1) is 0 Å². The van der Waals surface area contributed by atoms with Crippen LogP contribution in [0.1, 0.15) is 12.6 Å². The lowest BCUT2D eigenvalue weighted by atomic mass is 10.3. The fraction of sp³-hybridized carbons (Fsp3) is 0.182. The molecule has 0 amide bonds. The molecule has 2 aromatic rings. The van der Waals surface area contributed by atoms with Crippen LogP contribution in [0.4, 0.5) is 5.69 Å². The first-order valence-electron chi connectivity index (χ1n) is 4.70. The molecular formula is C11H13N3. The Morgan fingerprint density at radius 3 is 2.71 bits per heavy atom. The number of para-hydroxylation sites is 2. The number of anilines is 1. The van der Waals surface area contributed by atoms with Crippen LogP contribution in [0.5, 0.6) is 0 Å². The van der Waals surface area contributed by atoms with E-state index >= 15 is 0 Å². The minimum absolute atomic E-state index is 0.748. The molecule has 1 aromatic heterocycles. The average Bonchev–Trinajstić information content (AvgIpc) is 2.67. The lowest BCUT2D eigenvalue weighted by Crippen LogP contribution is -2.00. The van der Waals surface area contributed by atoms with E-state index in [0.717, 1.165) is 23.5 Å². The van der Waals surface area contributed by atoms with E-state index in [0.29, 0.717) is 0 Å². The summed E-state index contributed by atoms with van der Waals surface area (Å²) in [6, 6.07) is 9.72. The van der Waals surface area contributed by atoms with Gasteiger partial charge >= 0.3 is 0 Å². The van der Waals surface area contributed by atoms with Crippen LogP contribution in [0, 0.1) is 0 Å². The van der Waals surface area contributed by atoms with Crippen molar-refractivity contribution in [3.8, 4) is 5.69 Å². The molecule has 1 heterocycles. The molecule has 3 heteroatoms. The first-order chi connectivity index (χ1) is 6.81. The molecule has 3 nitrogen and oxygen atoms in total. The van der Waals surface area contributed by atoms with Gasteiger partial charge in [0.15, 0.2) is 0 Å². The Labute approximate surface area is 83.2 Å². The summed E-state index contributed by atoms with van der Waals surface area (Å²) >= 11 is 0. The third-order valence-corrected chi connectivity index (χ3v) is 2.19. The monoisotopic (exact) mass is 187 g/mol. The van der Waals surface area contributed by atoms with Gasteiger partial charge in [0, 0.05) is 6.20 Å².